The standard InChI is InChI=1S/C12H15N5/c1-13-7-4-11-15-8-5-12(17-11)16-10-3-2-6-14-9-10/h2-3,5-6,8-9,13H,4,7H2,1H3,(H,15,16,17). The van der Waals surface area contributed by atoms with Crippen LogP contribution < -0.4 is 10.6 Å². The van der Waals surface area contributed by atoms with Crippen LogP contribution in [-0.4, -0.2) is 28.5 Å². The van der Waals surface area contributed by atoms with Crippen LogP contribution in [0, 0.1) is 0 Å². The molecule has 0 bridgehead atoms. The lowest BCUT2D eigenvalue weighted by Gasteiger charge is -2.06. The van der Waals surface area contributed by atoms with E-state index in [0.29, 0.717) is 0 Å². The first-order chi connectivity index (χ1) is 8.38. The highest BCUT2D eigenvalue weighted by atomic mass is 15.0. The number of nitrogens with zero attached hydrogens (tertiary/aromatic N) is 3. The summed E-state index contributed by atoms with van der Waals surface area (Å²) in [6.45, 7) is 0.871. The molecule has 0 amide bonds. The van der Waals surface area contributed by atoms with E-state index in [1.165, 1.54) is 0 Å². The summed E-state index contributed by atoms with van der Waals surface area (Å²) in [6.07, 6.45) is 6.08. The first-order valence-corrected chi connectivity index (χ1v) is 5.52. The maximum Gasteiger partial charge on any atom is 0.134 e. The van der Waals surface area contributed by atoms with Gasteiger partial charge in [-0.25, -0.2) is 9.97 Å². The van der Waals surface area contributed by atoms with Crippen molar-refractivity contribution in [2.45, 2.75) is 6.42 Å². The SMILES string of the molecule is CNCCc1nccc(Nc2cccnc2)n1. The molecule has 0 fully saturated rings. The summed E-state index contributed by atoms with van der Waals surface area (Å²) >= 11 is 0. The van der Waals surface area contributed by atoms with Crippen molar-refractivity contribution in [1.82, 2.24) is 20.3 Å². The Hall–Kier alpha value is -2.01. The van der Waals surface area contributed by atoms with Crippen molar-refractivity contribution in [3.05, 3.63) is 42.6 Å². The molecule has 88 valence electrons. The van der Waals surface area contributed by atoms with Crippen LogP contribution in [0.5, 0.6) is 0 Å². The Balaban J connectivity index is 2.06. The molecule has 0 atom stereocenters. The lowest BCUT2D eigenvalue weighted by molar-refractivity contribution is 0.756. The fraction of sp³-hybridized carbons (Fsp3) is 0.250. The summed E-state index contributed by atoms with van der Waals surface area (Å²) in [5.74, 6) is 1.62. The second-order valence-electron chi connectivity index (χ2n) is 3.58. The molecule has 0 unspecified atom stereocenters. The highest BCUT2D eigenvalue weighted by Crippen LogP contribution is 2.11. The molecule has 2 aromatic rings. The molecule has 5 heteroatoms. The number of anilines is 2. The van der Waals surface area contributed by atoms with Gasteiger partial charge in [-0.3, -0.25) is 4.98 Å². The molecule has 0 aliphatic heterocycles. The molecule has 0 aromatic carbocycles. The van der Waals surface area contributed by atoms with E-state index in [2.05, 4.69) is 25.6 Å². The summed E-state index contributed by atoms with van der Waals surface area (Å²) in [6, 6.07) is 5.67. The van der Waals surface area contributed by atoms with Gasteiger partial charge in [0.1, 0.15) is 11.6 Å². The minimum atomic E-state index is 0.791. The fourth-order valence-electron chi connectivity index (χ4n) is 1.41. The van der Waals surface area contributed by atoms with Crippen LogP contribution in [0.25, 0.3) is 0 Å². The van der Waals surface area contributed by atoms with Crippen molar-refractivity contribution in [3.63, 3.8) is 0 Å². The van der Waals surface area contributed by atoms with Crippen LogP contribution in [0.2, 0.25) is 0 Å². The van der Waals surface area contributed by atoms with Gasteiger partial charge in [-0.15, -0.1) is 0 Å². The van der Waals surface area contributed by atoms with Gasteiger partial charge in [0.25, 0.3) is 0 Å². The first-order valence-electron chi connectivity index (χ1n) is 5.52. The summed E-state index contributed by atoms with van der Waals surface area (Å²) in [4.78, 5) is 12.7. The number of pyridine rings is 1. The predicted octanol–water partition coefficient (Wildman–Crippen LogP) is 1.38. The quantitative estimate of drug-likeness (QED) is 0.811. The Labute approximate surface area is 100 Å². The first kappa shape index (κ1) is 11.5. The molecule has 17 heavy (non-hydrogen) atoms. The monoisotopic (exact) mass is 229 g/mol. The normalized spacial score (nSPS) is 10.2. The van der Waals surface area contributed by atoms with Crippen LogP contribution in [-0.2, 0) is 6.42 Å². The van der Waals surface area contributed by atoms with E-state index in [1.54, 1.807) is 18.6 Å². The van der Waals surface area contributed by atoms with E-state index >= 15 is 0 Å². The second-order valence-corrected chi connectivity index (χ2v) is 3.58. The maximum absolute atomic E-state index is 4.42. The molecule has 5 nitrogen and oxygen atoms in total. The third-order valence-electron chi connectivity index (χ3n) is 2.24. The summed E-state index contributed by atoms with van der Waals surface area (Å²) < 4.78 is 0. The van der Waals surface area contributed by atoms with Gasteiger partial charge in [0.15, 0.2) is 0 Å². The zero-order chi connectivity index (χ0) is 11.9. The van der Waals surface area contributed by atoms with Crippen molar-refractivity contribution in [1.29, 1.82) is 0 Å². The Morgan fingerprint density at radius 2 is 2.18 bits per heavy atom. The van der Waals surface area contributed by atoms with Crippen molar-refractivity contribution in [3.8, 4) is 0 Å². The molecule has 2 N–H and O–H groups in total. The molecule has 2 heterocycles. The minimum Gasteiger partial charge on any atom is -0.339 e. The average Bonchev–Trinajstić information content (AvgIpc) is 2.38. The average molecular weight is 229 g/mol. The molecule has 0 spiro atoms. The summed E-state index contributed by atoms with van der Waals surface area (Å²) in [5.41, 5.74) is 0.922. The molecular weight excluding hydrogens is 214 g/mol. The Bertz CT molecular complexity index is 457. The minimum absolute atomic E-state index is 0.791. The number of rotatable bonds is 5. The molecule has 0 saturated heterocycles. The van der Waals surface area contributed by atoms with Gasteiger partial charge in [0, 0.05) is 25.4 Å². The van der Waals surface area contributed by atoms with Crippen LogP contribution in [0.15, 0.2) is 36.8 Å². The van der Waals surface area contributed by atoms with Crippen LogP contribution >= 0.6 is 0 Å². The zero-order valence-corrected chi connectivity index (χ0v) is 9.72. The summed E-state index contributed by atoms with van der Waals surface area (Å²) in [7, 11) is 1.91. The number of hydrogen-bond donors (Lipinski definition) is 2. The lowest BCUT2D eigenvalue weighted by atomic mass is 10.4. The van der Waals surface area contributed by atoms with Gasteiger partial charge >= 0.3 is 0 Å². The van der Waals surface area contributed by atoms with E-state index in [0.717, 1.165) is 30.3 Å². The Morgan fingerprint density at radius 3 is 2.94 bits per heavy atom. The molecule has 2 aromatic heterocycles. The largest absolute Gasteiger partial charge is 0.339 e. The predicted molar refractivity (Wildman–Crippen MR) is 67.2 cm³/mol. The number of aromatic nitrogens is 3. The van der Waals surface area contributed by atoms with E-state index in [4.69, 9.17) is 0 Å². The Morgan fingerprint density at radius 1 is 1.24 bits per heavy atom. The van der Waals surface area contributed by atoms with E-state index in [-0.39, 0.29) is 0 Å². The lowest BCUT2D eigenvalue weighted by Crippen LogP contribution is -2.12. The second kappa shape index (κ2) is 5.91. The van der Waals surface area contributed by atoms with Gasteiger partial charge in [-0.2, -0.15) is 0 Å². The van der Waals surface area contributed by atoms with E-state index < -0.39 is 0 Å². The smallest absolute Gasteiger partial charge is 0.134 e. The molecule has 0 saturated carbocycles. The van der Waals surface area contributed by atoms with Gasteiger partial charge in [-0.1, -0.05) is 0 Å². The number of nitrogens with one attached hydrogen (secondary N) is 2. The molecule has 0 aliphatic rings. The zero-order valence-electron chi connectivity index (χ0n) is 9.72. The van der Waals surface area contributed by atoms with Gasteiger partial charge in [0.05, 0.1) is 11.9 Å². The Kier molecular flexibility index (Phi) is 3.99. The van der Waals surface area contributed by atoms with Gasteiger partial charge in [0.2, 0.25) is 0 Å². The molecule has 0 radical (unpaired) electrons. The molecule has 0 aliphatic carbocycles. The highest BCUT2D eigenvalue weighted by molar-refractivity contribution is 5.53. The van der Waals surface area contributed by atoms with Crippen LogP contribution in [0.3, 0.4) is 0 Å². The van der Waals surface area contributed by atoms with Crippen molar-refractivity contribution in [2.24, 2.45) is 0 Å². The van der Waals surface area contributed by atoms with E-state index in [1.807, 2.05) is 25.2 Å². The van der Waals surface area contributed by atoms with Crippen LogP contribution in [0.1, 0.15) is 5.82 Å². The van der Waals surface area contributed by atoms with Crippen molar-refractivity contribution < 1.29 is 0 Å². The summed E-state index contributed by atoms with van der Waals surface area (Å²) in [5, 5.41) is 6.26. The van der Waals surface area contributed by atoms with Crippen molar-refractivity contribution >= 4 is 11.5 Å². The topological polar surface area (TPSA) is 62.7 Å². The maximum atomic E-state index is 4.42. The molecule has 2 rings (SSSR count). The van der Waals surface area contributed by atoms with E-state index in [9.17, 15) is 0 Å². The molecular formula is C12H15N5. The van der Waals surface area contributed by atoms with Gasteiger partial charge in [-0.05, 0) is 25.2 Å². The third kappa shape index (κ3) is 3.49. The number of likely N-dealkylation sites (N-methyl/N-ethyl adjacent to an activating group) is 1. The number of hydrogen-bond acceptors (Lipinski definition) is 5. The highest BCUT2D eigenvalue weighted by Gasteiger charge is 1.99. The fourth-order valence-corrected chi connectivity index (χ4v) is 1.41. The van der Waals surface area contributed by atoms with Crippen molar-refractivity contribution in [2.75, 3.05) is 18.9 Å². The van der Waals surface area contributed by atoms with Gasteiger partial charge < -0.3 is 10.6 Å². The third-order valence-corrected chi connectivity index (χ3v) is 2.24. The van der Waals surface area contributed by atoms with Crippen LogP contribution in [0.4, 0.5) is 11.5 Å².